The van der Waals surface area contributed by atoms with Crippen molar-refractivity contribution in [2.45, 2.75) is 25.3 Å². The Balaban J connectivity index is 2.08. The molecule has 1 amide bonds. The molecule has 11 heavy (non-hydrogen) atoms. The molecule has 2 bridgehead atoms. The summed E-state index contributed by atoms with van der Waals surface area (Å²) in [6.07, 6.45) is 3.54. The van der Waals surface area contributed by atoms with Gasteiger partial charge in [-0.05, 0) is 38.3 Å². The van der Waals surface area contributed by atoms with Gasteiger partial charge in [0.05, 0.1) is 6.04 Å². The summed E-state index contributed by atoms with van der Waals surface area (Å²) in [5.41, 5.74) is 5.27. The Bertz CT molecular complexity index is 173. The summed E-state index contributed by atoms with van der Waals surface area (Å²) in [7, 11) is 0. The van der Waals surface area contributed by atoms with E-state index in [-0.39, 0.29) is 11.9 Å². The number of nitrogens with zero attached hydrogens (tertiary/aromatic N) is 1. The van der Waals surface area contributed by atoms with E-state index >= 15 is 0 Å². The van der Waals surface area contributed by atoms with Gasteiger partial charge < -0.3 is 5.73 Å². The van der Waals surface area contributed by atoms with E-state index in [1.165, 1.54) is 12.8 Å². The number of carbonyl (C=O) groups is 1. The van der Waals surface area contributed by atoms with Gasteiger partial charge in [-0.1, -0.05) is 0 Å². The van der Waals surface area contributed by atoms with Crippen molar-refractivity contribution in [3.05, 3.63) is 0 Å². The Morgan fingerprint density at radius 2 is 2.00 bits per heavy atom. The van der Waals surface area contributed by atoms with Crippen LogP contribution >= 0.6 is 0 Å². The first-order valence-electron chi connectivity index (χ1n) is 4.31. The van der Waals surface area contributed by atoms with Crippen LogP contribution in [0.15, 0.2) is 0 Å². The Morgan fingerprint density at radius 3 is 2.27 bits per heavy atom. The van der Waals surface area contributed by atoms with Crippen molar-refractivity contribution in [1.82, 2.24) is 4.90 Å². The van der Waals surface area contributed by atoms with Gasteiger partial charge in [-0.2, -0.15) is 0 Å². The zero-order valence-corrected chi connectivity index (χ0v) is 6.62. The van der Waals surface area contributed by atoms with E-state index < -0.39 is 0 Å². The fourth-order valence-electron chi connectivity index (χ4n) is 2.26. The molecule has 62 valence electrons. The van der Waals surface area contributed by atoms with Gasteiger partial charge in [-0.15, -0.1) is 0 Å². The summed E-state index contributed by atoms with van der Waals surface area (Å²) < 4.78 is 0. The Labute approximate surface area is 66.5 Å². The van der Waals surface area contributed by atoms with E-state index in [9.17, 15) is 4.79 Å². The van der Waals surface area contributed by atoms with Gasteiger partial charge in [-0.25, -0.2) is 0 Å². The lowest BCUT2D eigenvalue weighted by atomic mass is 9.83. The predicted octanol–water partition coefficient (Wildman–Crippen LogP) is -0.0440. The zero-order valence-electron chi connectivity index (χ0n) is 6.62. The smallest absolute Gasteiger partial charge is 0.234 e. The highest BCUT2D eigenvalue weighted by molar-refractivity contribution is 5.80. The first kappa shape index (κ1) is 7.10. The Hall–Kier alpha value is -0.570. The van der Waals surface area contributed by atoms with Crippen molar-refractivity contribution in [2.24, 2.45) is 11.7 Å². The highest BCUT2D eigenvalue weighted by atomic mass is 16.1. The lowest BCUT2D eigenvalue weighted by molar-refractivity contribution is -0.127. The van der Waals surface area contributed by atoms with E-state index in [2.05, 4.69) is 4.90 Å². The van der Waals surface area contributed by atoms with Crippen LogP contribution in [0.3, 0.4) is 0 Å². The topological polar surface area (TPSA) is 46.3 Å². The van der Waals surface area contributed by atoms with Crippen LogP contribution in [0.4, 0.5) is 0 Å². The van der Waals surface area contributed by atoms with Crippen LogP contribution in [-0.4, -0.2) is 29.9 Å². The molecule has 2 N–H and O–H groups in total. The molecule has 3 fully saturated rings. The monoisotopic (exact) mass is 154 g/mol. The Kier molecular flexibility index (Phi) is 1.60. The summed E-state index contributed by atoms with van der Waals surface area (Å²) in [4.78, 5) is 13.1. The molecule has 3 heteroatoms. The molecule has 0 radical (unpaired) electrons. The Morgan fingerprint density at radius 1 is 1.36 bits per heavy atom. The van der Waals surface area contributed by atoms with Crippen LogP contribution in [0.5, 0.6) is 0 Å². The third-order valence-corrected chi connectivity index (χ3v) is 2.97. The molecule has 3 heterocycles. The van der Waals surface area contributed by atoms with Gasteiger partial charge in [0.1, 0.15) is 0 Å². The number of primary amides is 1. The minimum Gasteiger partial charge on any atom is -0.368 e. The maximum atomic E-state index is 10.9. The number of fused-ring (bicyclic) bond motifs is 3. The van der Waals surface area contributed by atoms with E-state index in [4.69, 9.17) is 5.73 Å². The maximum Gasteiger partial charge on any atom is 0.234 e. The van der Waals surface area contributed by atoms with Crippen molar-refractivity contribution in [2.75, 3.05) is 13.1 Å². The van der Waals surface area contributed by atoms with Crippen LogP contribution < -0.4 is 5.73 Å². The zero-order chi connectivity index (χ0) is 7.84. The maximum absolute atomic E-state index is 10.9. The van der Waals surface area contributed by atoms with Crippen molar-refractivity contribution < 1.29 is 4.79 Å². The van der Waals surface area contributed by atoms with Crippen LogP contribution in [0, 0.1) is 5.92 Å². The number of nitrogens with two attached hydrogens (primary N) is 1. The van der Waals surface area contributed by atoms with Crippen LogP contribution in [-0.2, 0) is 4.79 Å². The van der Waals surface area contributed by atoms with Crippen LogP contribution in [0.1, 0.15) is 19.3 Å². The first-order valence-corrected chi connectivity index (χ1v) is 4.31. The van der Waals surface area contributed by atoms with Crippen LogP contribution in [0.25, 0.3) is 0 Å². The minimum absolute atomic E-state index is 0.0579. The highest BCUT2D eigenvalue weighted by Gasteiger charge is 2.36. The van der Waals surface area contributed by atoms with Crippen LogP contribution in [0.2, 0.25) is 0 Å². The second-order valence-electron chi connectivity index (χ2n) is 3.63. The summed E-state index contributed by atoms with van der Waals surface area (Å²) in [5.74, 6) is 0.645. The molecule has 0 aromatic rings. The lowest BCUT2D eigenvalue weighted by Crippen LogP contribution is -2.54. The summed E-state index contributed by atoms with van der Waals surface area (Å²) in [6.45, 7) is 2.16. The number of piperidine rings is 3. The summed E-state index contributed by atoms with van der Waals surface area (Å²) >= 11 is 0. The van der Waals surface area contributed by atoms with Crippen molar-refractivity contribution in [3.63, 3.8) is 0 Å². The van der Waals surface area contributed by atoms with Crippen molar-refractivity contribution in [3.8, 4) is 0 Å². The minimum atomic E-state index is -0.130. The number of rotatable bonds is 1. The predicted molar refractivity (Wildman–Crippen MR) is 41.9 cm³/mol. The number of carbonyl (C=O) groups excluding carboxylic acids is 1. The molecule has 0 unspecified atom stereocenters. The highest BCUT2D eigenvalue weighted by Crippen LogP contribution is 2.31. The second-order valence-corrected chi connectivity index (χ2v) is 3.63. The van der Waals surface area contributed by atoms with E-state index in [1.807, 2.05) is 0 Å². The molecule has 0 saturated carbocycles. The van der Waals surface area contributed by atoms with E-state index in [0.29, 0.717) is 0 Å². The lowest BCUT2D eigenvalue weighted by Gasteiger charge is -2.43. The number of amides is 1. The largest absolute Gasteiger partial charge is 0.368 e. The van der Waals surface area contributed by atoms with Gasteiger partial charge >= 0.3 is 0 Å². The van der Waals surface area contributed by atoms with Gasteiger partial charge in [-0.3, -0.25) is 9.69 Å². The number of hydrogen-bond donors (Lipinski definition) is 1. The molecule has 0 aliphatic carbocycles. The van der Waals surface area contributed by atoms with Crippen molar-refractivity contribution in [1.29, 1.82) is 0 Å². The van der Waals surface area contributed by atoms with Gasteiger partial charge in [0, 0.05) is 0 Å². The summed E-state index contributed by atoms with van der Waals surface area (Å²) in [6, 6.07) is 0.0579. The van der Waals surface area contributed by atoms with Gasteiger partial charge in [0.15, 0.2) is 0 Å². The fourth-order valence-corrected chi connectivity index (χ4v) is 2.26. The molecular formula is C8H14N2O. The second kappa shape index (κ2) is 2.48. The third-order valence-electron chi connectivity index (χ3n) is 2.97. The van der Waals surface area contributed by atoms with E-state index in [1.54, 1.807) is 0 Å². The normalized spacial score (nSPS) is 42.4. The first-order chi connectivity index (χ1) is 5.27. The molecule has 0 spiro atoms. The molecule has 3 nitrogen and oxygen atoms in total. The number of hydrogen-bond acceptors (Lipinski definition) is 2. The molecule has 0 aromatic carbocycles. The molecule has 3 aliphatic heterocycles. The molecular weight excluding hydrogens is 140 g/mol. The molecule has 3 rings (SSSR count). The molecule has 1 atom stereocenters. The average Bonchev–Trinajstić information content (AvgIpc) is 2.06. The SMILES string of the molecule is NC(=O)[C@H]1CC2CCN1CC2. The standard InChI is InChI=1S/C8H14N2O/c9-8(11)7-5-6-1-3-10(7)4-2-6/h6-7H,1-5H2,(H2,9,11)/t7-/m1/s1. The summed E-state index contributed by atoms with van der Waals surface area (Å²) in [5, 5.41) is 0. The molecule has 3 saturated heterocycles. The molecule has 3 aliphatic rings. The van der Waals surface area contributed by atoms with E-state index in [0.717, 1.165) is 25.4 Å². The molecule has 0 aromatic heterocycles. The quantitative estimate of drug-likeness (QED) is 0.576. The average molecular weight is 154 g/mol. The van der Waals surface area contributed by atoms with Gasteiger partial charge in [0.25, 0.3) is 0 Å². The third kappa shape index (κ3) is 1.13. The van der Waals surface area contributed by atoms with Crippen molar-refractivity contribution >= 4 is 5.91 Å². The van der Waals surface area contributed by atoms with Gasteiger partial charge in [0.2, 0.25) is 5.91 Å². The fraction of sp³-hybridized carbons (Fsp3) is 0.875.